The van der Waals surface area contributed by atoms with E-state index in [1.54, 1.807) is 17.1 Å². The van der Waals surface area contributed by atoms with Crippen molar-refractivity contribution in [3.63, 3.8) is 0 Å². The van der Waals surface area contributed by atoms with Crippen LogP contribution in [0.2, 0.25) is 0 Å². The summed E-state index contributed by atoms with van der Waals surface area (Å²) in [5.41, 5.74) is 1.09. The van der Waals surface area contributed by atoms with Gasteiger partial charge in [-0.05, 0) is 0 Å². The number of nitrogens with one attached hydrogen (secondary N) is 1. The van der Waals surface area contributed by atoms with Crippen molar-refractivity contribution in [3.05, 3.63) is 24.5 Å². The monoisotopic (exact) mass is 167 g/mol. The molecule has 0 bridgehead atoms. The van der Waals surface area contributed by atoms with Crippen molar-refractivity contribution in [2.24, 2.45) is 0 Å². The molecule has 4 nitrogen and oxygen atoms in total. The Morgan fingerprint density at radius 1 is 1.75 bits per heavy atom. The van der Waals surface area contributed by atoms with Gasteiger partial charge < -0.3 is 10.4 Å². The number of aliphatic hydroxyl groups is 1. The Labute approximate surface area is 71.5 Å². The predicted molar refractivity (Wildman–Crippen MR) is 47.4 cm³/mol. The maximum atomic E-state index is 8.50. The van der Waals surface area contributed by atoms with Crippen molar-refractivity contribution in [1.82, 2.24) is 15.1 Å². The number of hydrogen-bond donors (Lipinski definition) is 2. The van der Waals surface area contributed by atoms with Gasteiger partial charge in [0.05, 0.1) is 12.8 Å². The second kappa shape index (κ2) is 4.69. The summed E-state index contributed by atoms with van der Waals surface area (Å²) in [4.78, 5) is 0. The molecular weight excluding hydrogens is 154 g/mol. The molecule has 0 aliphatic carbocycles. The van der Waals surface area contributed by atoms with Crippen LogP contribution in [0.25, 0.3) is 6.20 Å². The molecule has 0 saturated heterocycles. The highest BCUT2D eigenvalue weighted by atomic mass is 16.3. The van der Waals surface area contributed by atoms with E-state index in [1.807, 2.05) is 6.20 Å². The number of aromatic nitrogens is 2. The minimum Gasteiger partial charge on any atom is -0.395 e. The molecule has 0 aromatic carbocycles. The lowest BCUT2D eigenvalue weighted by Crippen LogP contribution is -2.16. The first-order chi connectivity index (χ1) is 5.86. The number of nitrogens with zero attached hydrogens (tertiary/aromatic N) is 2. The lowest BCUT2D eigenvalue weighted by atomic mass is 10.3. The van der Waals surface area contributed by atoms with Gasteiger partial charge in [-0.25, -0.2) is 4.68 Å². The molecule has 1 aromatic heterocycles. The van der Waals surface area contributed by atoms with E-state index in [0.29, 0.717) is 6.54 Å². The Bertz CT molecular complexity index is 244. The molecule has 0 amide bonds. The fraction of sp³-hybridized carbons (Fsp3) is 0.375. The van der Waals surface area contributed by atoms with Crippen molar-refractivity contribution in [3.8, 4) is 0 Å². The standard InChI is InChI=1S/C8H13N3O/c1-2-11-7-8(6-10-11)5-9-3-4-12/h2,6-7,9,12H,1,3-5H2. The molecule has 2 N–H and O–H groups in total. The molecule has 0 atom stereocenters. The van der Waals surface area contributed by atoms with Crippen molar-refractivity contribution in [2.75, 3.05) is 13.2 Å². The van der Waals surface area contributed by atoms with E-state index in [-0.39, 0.29) is 6.61 Å². The normalized spacial score (nSPS) is 10.1. The van der Waals surface area contributed by atoms with Crippen LogP contribution in [0.5, 0.6) is 0 Å². The van der Waals surface area contributed by atoms with Crippen LogP contribution in [0.4, 0.5) is 0 Å². The molecule has 0 spiro atoms. The van der Waals surface area contributed by atoms with Gasteiger partial charge in [0.15, 0.2) is 0 Å². The van der Waals surface area contributed by atoms with Gasteiger partial charge in [0.25, 0.3) is 0 Å². The first kappa shape index (κ1) is 8.96. The van der Waals surface area contributed by atoms with Gasteiger partial charge in [-0.15, -0.1) is 0 Å². The van der Waals surface area contributed by atoms with Crippen LogP contribution in [0.3, 0.4) is 0 Å². The molecule has 1 heterocycles. The summed E-state index contributed by atoms with van der Waals surface area (Å²) in [6, 6.07) is 0. The van der Waals surface area contributed by atoms with Crippen molar-refractivity contribution in [2.45, 2.75) is 6.54 Å². The Kier molecular flexibility index (Phi) is 3.50. The Morgan fingerprint density at radius 3 is 3.17 bits per heavy atom. The van der Waals surface area contributed by atoms with Crippen molar-refractivity contribution < 1.29 is 5.11 Å². The van der Waals surface area contributed by atoms with E-state index in [9.17, 15) is 0 Å². The highest BCUT2D eigenvalue weighted by Crippen LogP contribution is 1.96. The maximum absolute atomic E-state index is 8.50. The summed E-state index contributed by atoms with van der Waals surface area (Å²) in [6.45, 7) is 5.08. The Hall–Kier alpha value is -1.13. The van der Waals surface area contributed by atoms with E-state index >= 15 is 0 Å². The van der Waals surface area contributed by atoms with Gasteiger partial charge >= 0.3 is 0 Å². The molecule has 0 saturated carbocycles. The average molecular weight is 167 g/mol. The van der Waals surface area contributed by atoms with Crippen LogP contribution in [-0.4, -0.2) is 28.0 Å². The largest absolute Gasteiger partial charge is 0.395 e. The third kappa shape index (κ3) is 2.48. The second-order valence-electron chi connectivity index (χ2n) is 2.41. The summed E-state index contributed by atoms with van der Waals surface area (Å²) in [7, 11) is 0. The van der Waals surface area contributed by atoms with Crippen LogP contribution in [-0.2, 0) is 6.54 Å². The molecule has 0 unspecified atom stereocenters. The van der Waals surface area contributed by atoms with Gasteiger partial charge in [0.1, 0.15) is 0 Å². The van der Waals surface area contributed by atoms with Gasteiger partial charge in [-0.2, -0.15) is 5.10 Å². The van der Waals surface area contributed by atoms with Gasteiger partial charge in [0.2, 0.25) is 0 Å². The smallest absolute Gasteiger partial charge is 0.0556 e. The van der Waals surface area contributed by atoms with E-state index in [0.717, 1.165) is 12.1 Å². The second-order valence-corrected chi connectivity index (χ2v) is 2.41. The lowest BCUT2D eigenvalue weighted by molar-refractivity contribution is 0.292. The van der Waals surface area contributed by atoms with Gasteiger partial charge in [-0.3, -0.25) is 0 Å². The van der Waals surface area contributed by atoms with Gasteiger partial charge in [0, 0.05) is 31.0 Å². The van der Waals surface area contributed by atoms with Gasteiger partial charge in [-0.1, -0.05) is 6.58 Å². The van der Waals surface area contributed by atoms with E-state index in [2.05, 4.69) is 17.0 Å². The molecule has 0 aliphatic heterocycles. The quantitative estimate of drug-likeness (QED) is 0.610. The fourth-order valence-electron chi connectivity index (χ4n) is 0.880. The summed E-state index contributed by atoms with van der Waals surface area (Å²) >= 11 is 0. The molecule has 1 rings (SSSR count). The maximum Gasteiger partial charge on any atom is 0.0556 e. The first-order valence-corrected chi connectivity index (χ1v) is 3.84. The van der Waals surface area contributed by atoms with E-state index in [4.69, 9.17) is 5.11 Å². The number of aliphatic hydroxyl groups excluding tert-OH is 1. The third-order valence-electron chi connectivity index (χ3n) is 1.46. The zero-order chi connectivity index (χ0) is 8.81. The zero-order valence-corrected chi connectivity index (χ0v) is 6.90. The SMILES string of the molecule is C=Cn1cc(CNCCO)cn1. The molecule has 66 valence electrons. The van der Waals surface area contributed by atoms with Crippen molar-refractivity contribution in [1.29, 1.82) is 0 Å². The van der Waals surface area contributed by atoms with Crippen molar-refractivity contribution >= 4 is 6.20 Å². The average Bonchev–Trinajstić information content (AvgIpc) is 2.53. The summed E-state index contributed by atoms with van der Waals surface area (Å²) < 4.78 is 1.65. The fourth-order valence-corrected chi connectivity index (χ4v) is 0.880. The lowest BCUT2D eigenvalue weighted by Gasteiger charge is -1.97. The zero-order valence-electron chi connectivity index (χ0n) is 6.90. The third-order valence-corrected chi connectivity index (χ3v) is 1.46. The van der Waals surface area contributed by atoms with Crippen LogP contribution in [0.15, 0.2) is 19.0 Å². The van der Waals surface area contributed by atoms with E-state index in [1.165, 1.54) is 0 Å². The molecular formula is C8H13N3O. The molecule has 4 heteroatoms. The van der Waals surface area contributed by atoms with E-state index < -0.39 is 0 Å². The molecule has 12 heavy (non-hydrogen) atoms. The number of hydrogen-bond acceptors (Lipinski definition) is 3. The molecule has 0 aliphatic rings. The van der Waals surface area contributed by atoms with Crippen LogP contribution in [0, 0.1) is 0 Å². The molecule has 1 aromatic rings. The van der Waals surface area contributed by atoms with Crippen LogP contribution < -0.4 is 5.32 Å². The topological polar surface area (TPSA) is 50.1 Å². The minimum atomic E-state index is 0.162. The predicted octanol–water partition coefficient (Wildman–Crippen LogP) is 0.0655. The summed E-state index contributed by atoms with van der Waals surface area (Å²) in [5.74, 6) is 0. The minimum absolute atomic E-state index is 0.162. The highest BCUT2D eigenvalue weighted by molar-refractivity contribution is 5.17. The summed E-state index contributed by atoms with van der Waals surface area (Å²) in [6.07, 6.45) is 5.29. The number of rotatable bonds is 5. The molecule has 0 radical (unpaired) electrons. The Morgan fingerprint density at radius 2 is 2.58 bits per heavy atom. The molecule has 0 fully saturated rings. The first-order valence-electron chi connectivity index (χ1n) is 3.84. The Balaban J connectivity index is 2.36. The summed E-state index contributed by atoms with van der Waals surface area (Å²) in [5, 5.41) is 15.6. The van der Waals surface area contributed by atoms with Crippen LogP contribution in [0.1, 0.15) is 5.56 Å². The van der Waals surface area contributed by atoms with Crippen LogP contribution >= 0.6 is 0 Å². The highest BCUT2D eigenvalue weighted by Gasteiger charge is 1.94.